The van der Waals surface area contributed by atoms with Crippen molar-refractivity contribution in [2.45, 2.75) is 53.0 Å². The Morgan fingerprint density at radius 3 is 2.53 bits per heavy atom. The molecule has 1 amide bonds. The van der Waals surface area contributed by atoms with E-state index in [2.05, 4.69) is 16.4 Å². The summed E-state index contributed by atoms with van der Waals surface area (Å²) in [6, 6.07) is 2.20. The van der Waals surface area contributed by atoms with Gasteiger partial charge in [-0.2, -0.15) is 5.26 Å². The third kappa shape index (κ3) is 3.82. The minimum atomic E-state index is -0.925. The van der Waals surface area contributed by atoms with Crippen molar-refractivity contribution in [3.8, 4) is 6.07 Å². The maximum absolute atomic E-state index is 12.3. The summed E-state index contributed by atoms with van der Waals surface area (Å²) in [7, 11) is 0. The zero-order valence-electron chi connectivity index (χ0n) is 11.8. The molecule has 0 saturated heterocycles. The van der Waals surface area contributed by atoms with Gasteiger partial charge in [-0.15, -0.1) is 0 Å². The van der Waals surface area contributed by atoms with Crippen LogP contribution in [0, 0.1) is 23.7 Å². The summed E-state index contributed by atoms with van der Waals surface area (Å²) in [5.41, 5.74) is -0.925. The largest absolute Gasteiger partial charge is 0.444 e. The molecule has 1 N–H and O–H groups in total. The van der Waals surface area contributed by atoms with E-state index in [0.29, 0.717) is 24.5 Å². The van der Waals surface area contributed by atoms with E-state index in [1.165, 1.54) is 0 Å². The molecule has 0 bridgehead atoms. The van der Waals surface area contributed by atoms with E-state index >= 15 is 0 Å². The van der Waals surface area contributed by atoms with E-state index in [1.54, 1.807) is 13.1 Å². The molecule has 0 aliphatic heterocycles. The lowest BCUT2D eigenvalue weighted by Crippen LogP contribution is -2.39. The van der Waals surface area contributed by atoms with Gasteiger partial charge in [0, 0.05) is 0 Å². The Kier molecular flexibility index (Phi) is 5.56. The van der Waals surface area contributed by atoms with Crippen LogP contribution in [0.5, 0.6) is 0 Å². The number of nitrogens with one attached hydrogen (secondary N) is 1. The second-order valence-corrected chi connectivity index (χ2v) is 4.74. The fraction of sp³-hybridized carbons (Fsp3) is 0.643. The monoisotopic (exact) mass is 263 g/mol. The number of carbonyl (C=O) groups is 1. The highest BCUT2D eigenvalue weighted by Crippen LogP contribution is 2.29. The van der Waals surface area contributed by atoms with Crippen LogP contribution >= 0.6 is 0 Å². The Labute approximate surface area is 114 Å². The molecule has 5 nitrogen and oxygen atoms in total. The number of hydrogen-bond donors (Lipinski definition) is 1. The minimum Gasteiger partial charge on any atom is -0.444 e. The fourth-order valence-electron chi connectivity index (χ4n) is 2.18. The van der Waals surface area contributed by atoms with Crippen LogP contribution in [-0.2, 0) is 11.3 Å². The summed E-state index contributed by atoms with van der Waals surface area (Å²) < 4.78 is 5.29. The molecular weight excluding hydrogens is 242 g/mol. The molecule has 1 rings (SSSR count). The van der Waals surface area contributed by atoms with E-state index in [-0.39, 0.29) is 12.5 Å². The highest BCUT2D eigenvalue weighted by molar-refractivity contribution is 5.85. The fourth-order valence-corrected chi connectivity index (χ4v) is 2.18. The second-order valence-electron chi connectivity index (χ2n) is 4.74. The summed E-state index contributed by atoms with van der Waals surface area (Å²) in [4.78, 5) is 16.3. The van der Waals surface area contributed by atoms with Crippen molar-refractivity contribution in [3.63, 3.8) is 0 Å². The molecule has 104 valence electrons. The van der Waals surface area contributed by atoms with Gasteiger partial charge in [-0.3, -0.25) is 4.79 Å². The van der Waals surface area contributed by atoms with Gasteiger partial charge >= 0.3 is 0 Å². The summed E-state index contributed by atoms with van der Waals surface area (Å²) in [5, 5.41) is 12.1. The quantitative estimate of drug-likeness (QED) is 0.820. The third-order valence-electron chi connectivity index (χ3n) is 3.07. The van der Waals surface area contributed by atoms with Crippen LogP contribution in [0.25, 0.3) is 0 Å². The Hall–Kier alpha value is -1.83. The number of nitriles is 1. The van der Waals surface area contributed by atoms with Gasteiger partial charge in [0.05, 0.1) is 18.8 Å². The molecule has 1 aromatic heterocycles. The molecule has 19 heavy (non-hydrogen) atoms. The number of aromatic nitrogens is 1. The molecule has 5 heteroatoms. The van der Waals surface area contributed by atoms with Crippen molar-refractivity contribution in [1.29, 1.82) is 5.26 Å². The first kappa shape index (κ1) is 15.2. The zero-order valence-corrected chi connectivity index (χ0v) is 11.8. The maximum Gasteiger partial charge on any atom is 0.240 e. The van der Waals surface area contributed by atoms with Crippen LogP contribution in [0.15, 0.2) is 10.6 Å². The Bertz CT molecular complexity index is 454. The number of nitrogens with zero attached hydrogens (tertiary/aromatic N) is 2. The van der Waals surface area contributed by atoms with Crippen LogP contribution in [-0.4, -0.2) is 10.9 Å². The lowest BCUT2D eigenvalue weighted by atomic mass is 9.80. The first-order chi connectivity index (χ1) is 9.07. The molecule has 0 atom stereocenters. The lowest BCUT2D eigenvalue weighted by Gasteiger charge is -2.24. The van der Waals surface area contributed by atoms with Gasteiger partial charge in [-0.25, -0.2) is 4.98 Å². The van der Waals surface area contributed by atoms with Gasteiger partial charge in [-0.05, 0) is 19.8 Å². The average Bonchev–Trinajstić information content (AvgIpc) is 2.81. The highest BCUT2D eigenvalue weighted by atomic mass is 16.4. The van der Waals surface area contributed by atoms with E-state index in [1.807, 2.05) is 13.8 Å². The van der Waals surface area contributed by atoms with Crippen molar-refractivity contribution >= 4 is 5.91 Å². The highest BCUT2D eigenvalue weighted by Gasteiger charge is 2.36. The SMILES string of the molecule is CCCC(C#N)(CCC)C(=O)NCc1ncc(C)o1. The average molecular weight is 263 g/mol. The summed E-state index contributed by atoms with van der Waals surface area (Å²) >= 11 is 0. The van der Waals surface area contributed by atoms with Gasteiger partial charge in [0.25, 0.3) is 0 Å². The lowest BCUT2D eigenvalue weighted by molar-refractivity contribution is -0.129. The zero-order chi connectivity index (χ0) is 14.3. The van der Waals surface area contributed by atoms with E-state index < -0.39 is 5.41 Å². The van der Waals surface area contributed by atoms with Gasteiger partial charge in [0.1, 0.15) is 11.2 Å². The second kappa shape index (κ2) is 6.93. The van der Waals surface area contributed by atoms with Crippen molar-refractivity contribution < 1.29 is 9.21 Å². The van der Waals surface area contributed by atoms with Crippen LogP contribution in [0.1, 0.15) is 51.2 Å². The number of hydrogen-bond acceptors (Lipinski definition) is 4. The van der Waals surface area contributed by atoms with Crippen molar-refractivity contribution in [3.05, 3.63) is 17.8 Å². The number of oxazole rings is 1. The van der Waals surface area contributed by atoms with Crippen LogP contribution in [0.4, 0.5) is 0 Å². The van der Waals surface area contributed by atoms with Gasteiger partial charge < -0.3 is 9.73 Å². The number of carbonyl (C=O) groups excluding carboxylic acids is 1. The standard InChI is InChI=1S/C14H21N3O2/c1-4-6-14(10-15,7-5-2)13(18)17-9-12-16-8-11(3)19-12/h8H,4-7,9H2,1-3H3,(H,17,18). The molecule has 0 fully saturated rings. The summed E-state index contributed by atoms with van der Waals surface area (Å²) in [6.45, 7) is 5.98. The number of amides is 1. The molecular formula is C14H21N3O2. The molecule has 0 aromatic carbocycles. The van der Waals surface area contributed by atoms with Gasteiger partial charge in [0.2, 0.25) is 11.8 Å². The first-order valence-electron chi connectivity index (χ1n) is 6.68. The molecule has 0 spiro atoms. The number of rotatable bonds is 7. The molecule has 1 aromatic rings. The topological polar surface area (TPSA) is 78.9 Å². The molecule has 0 aliphatic carbocycles. The number of aryl methyl sites for hydroxylation is 1. The molecule has 0 unspecified atom stereocenters. The summed E-state index contributed by atoms with van der Waals surface area (Å²) in [6.07, 6.45) is 4.37. The summed E-state index contributed by atoms with van der Waals surface area (Å²) in [5.74, 6) is 0.943. The van der Waals surface area contributed by atoms with Crippen molar-refractivity contribution in [1.82, 2.24) is 10.3 Å². The smallest absolute Gasteiger partial charge is 0.240 e. The normalized spacial score (nSPS) is 11.1. The predicted octanol–water partition coefficient (Wildman–Crippen LogP) is 2.71. The third-order valence-corrected chi connectivity index (χ3v) is 3.07. The Morgan fingerprint density at radius 1 is 1.47 bits per heavy atom. The maximum atomic E-state index is 12.3. The molecule has 0 saturated carbocycles. The molecule has 1 heterocycles. The van der Waals surface area contributed by atoms with Gasteiger partial charge in [0.15, 0.2) is 0 Å². The van der Waals surface area contributed by atoms with Crippen LogP contribution in [0.2, 0.25) is 0 Å². The van der Waals surface area contributed by atoms with E-state index in [9.17, 15) is 10.1 Å². The van der Waals surface area contributed by atoms with Crippen LogP contribution < -0.4 is 5.32 Å². The van der Waals surface area contributed by atoms with Crippen molar-refractivity contribution in [2.24, 2.45) is 5.41 Å². The van der Waals surface area contributed by atoms with Crippen LogP contribution in [0.3, 0.4) is 0 Å². The minimum absolute atomic E-state index is 0.226. The Balaban J connectivity index is 2.69. The van der Waals surface area contributed by atoms with E-state index in [4.69, 9.17) is 4.42 Å². The Morgan fingerprint density at radius 2 is 2.11 bits per heavy atom. The predicted molar refractivity (Wildman–Crippen MR) is 70.9 cm³/mol. The molecule has 0 aliphatic rings. The van der Waals surface area contributed by atoms with Gasteiger partial charge in [-0.1, -0.05) is 26.7 Å². The first-order valence-corrected chi connectivity index (χ1v) is 6.68. The van der Waals surface area contributed by atoms with Crippen molar-refractivity contribution in [2.75, 3.05) is 0 Å². The van der Waals surface area contributed by atoms with E-state index in [0.717, 1.165) is 12.8 Å². The molecule has 0 radical (unpaired) electrons.